The Morgan fingerprint density at radius 3 is 2.39 bits per heavy atom. The Bertz CT molecular complexity index is 1240. The third-order valence-corrected chi connectivity index (χ3v) is 4.94. The summed E-state index contributed by atoms with van der Waals surface area (Å²) in [6.45, 7) is 2.14. The number of nitrogens with one attached hydrogen (secondary N) is 1. The fourth-order valence-electron chi connectivity index (χ4n) is 3.48. The quantitative estimate of drug-likeness (QED) is 0.572. The maximum absolute atomic E-state index is 14.9. The molecule has 0 aliphatic heterocycles. The number of hydrogen-bond donors (Lipinski definition) is 3. The van der Waals surface area contributed by atoms with Gasteiger partial charge in [-0.2, -0.15) is 0 Å². The minimum atomic E-state index is -1.28. The second-order valence-corrected chi connectivity index (χ2v) is 6.89. The first-order valence-corrected chi connectivity index (χ1v) is 9.06. The number of carboxylic acid groups (broad SMARTS) is 1. The van der Waals surface area contributed by atoms with Gasteiger partial charge in [0, 0.05) is 16.6 Å². The molecule has 10 heteroatoms. The van der Waals surface area contributed by atoms with Crippen molar-refractivity contribution in [1.29, 1.82) is 0 Å². The number of fused-ring (bicyclic) bond motifs is 1. The van der Waals surface area contributed by atoms with E-state index in [1.807, 2.05) is 0 Å². The molecule has 0 fully saturated rings. The van der Waals surface area contributed by atoms with Crippen LogP contribution in [0.25, 0.3) is 10.9 Å². The van der Waals surface area contributed by atoms with Crippen molar-refractivity contribution < 1.29 is 37.8 Å². The minimum Gasteiger partial charge on any atom is -0.505 e. The summed E-state index contributed by atoms with van der Waals surface area (Å²) >= 11 is 0. The van der Waals surface area contributed by atoms with Gasteiger partial charge in [0.25, 0.3) is 5.91 Å². The number of aromatic nitrogens is 1. The highest BCUT2D eigenvalue weighted by molar-refractivity contribution is 6.06. The molecule has 7 nitrogen and oxygen atoms in total. The maximum atomic E-state index is 14.9. The lowest BCUT2D eigenvalue weighted by molar-refractivity contribution is -0.138. The van der Waals surface area contributed by atoms with E-state index in [9.17, 15) is 32.7 Å². The molecule has 0 bridgehead atoms. The van der Waals surface area contributed by atoms with Gasteiger partial charge in [-0.1, -0.05) is 0 Å². The van der Waals surface area contributed by atoms with Crippen LogP contribution in [-0.4, -0.2) is 39.1 Å². The monoisotopic (exact) mass is 434 g/mol. The molecule has 0 radical (unpaired) electrons. The van der Waals surface area contributed by atoms with Gasteiger partial charge in [0.2, 0.25) is 5.91 Å². The second kappa shape index (κ2) is 8.13. The maximum Gasteiger partial charge on any atom is 0.322 e. The van der Waals surface area contributed by atoms with Crippen LogP contribution in [0.2, 0.25) is 0 Å². The van der Waals surface area contributed by atoms with Gasteiger partial charge in [-0.25, -0.2) is 13.2 Å². The van der Waals surface area contributed by atoms with E-state index >= 15 is 0 Å². The fraction of sp³-hybridized carbons (Fsp3) is 0.190. The van der Waals surface area contributed by atoms with E-state index in [0.717, 1.165) is 22.8 Å². The number of carbonyl (C=O) groups is 3. The zero-order valence-electron chi connectivity index (χ0n) is 16.4. The number of carboxylic acids is 1. The SMILES string of the molecule is Cc1c([C@H](C)C(=O)NCC(=O)O)c2c(F)c(O)ccc2n1C(=O)c1ccc(F)c(F)c1. The van der Waals surface area contributed by atoms with Crippen LogP contribution < -0.4 is 5.32 Å². The highest BCUT2D eigenvalue weighted by atomic mass is 19.2. The summed E-state index contributed by atoms with van der Waals surface area (Å²) in [5, 5.41) is 20.5. The van der Waals surface area contributed by atoms with Gasteiger partial charge in [-0.15, -0.1) is 0 Å². The Balaban J connectivity index is 2.22. The number of phenolic OH excluding ortho intramolecular Hbond substituents is 1. The third kappa shape index (κ3) is 3.83. The first-order valence-electron chi connectivity index (χ1n) is 9.06. The Labute approximate surface area is 173 Å². The first-order chi connectivity index (χ1) is 14.5. The first kappa shape index (κ1) is 21.9. The van der Waals surface area contributed by atoms with Crippen molar-refractivity contribution in [2.75, 3.05) is 6.54 Å². The number of hydrogen-bond acceptors (Lipinski definition) is 4. The van der Waals surface area contributed by atoms with E-state index < -0.39 is 53.4 Å². The van der Waals surface area contributed by atoms with Crippen LogP contribution in [0, 0.1) is 24.4 Å². The van der Waals surface area contributed by atoms with E-state index in [0.29, 0.717) is 6.07 Å². The van der Waals surface area contributed by atoms with Gasteiger partial charge in [0.1, 0.15) is 6.54 Å². The fourth-order valence-corrected chi connectivity index (χ4v) is 3.48. The standard InChI is InChI=1S/C21H17F3N2O5/c1-9(20(30)25-8-16(28)29)17-10(2)26(14-5-6-15(27)19(24)18(14)17)21(31)11-3-4-12(22)13(23)7-11/h3-7,9,27H,8H2,1-2H3,(H,25,30)(H,28,29)/t9-/m0/s1. The van der Waals surface area contributed by atoms with Gasteiger partial charge >= 0.3 is 5.97 Å². The molecule has 1 aromatic heterocycles. The Kier molecular flexibility index (Phi) is 5.74. The number of halogens is 3. The summed E-state index contributed by atoms with van der Waals surface area (Å²) in [5.74, 6) is -8.12. The van der Waals surface area contributed by atoms with Gasteiger partial charge in [0.05, 0.1) is 11.4 Å². The highest BCUT2D eigenvalue weighted by Gasteiger charge is 2.29. The topological polar surface area (TPSA) is 109 Å². The van der Waals surface area contributed by atoms with Crippen LogP contribution in [0.4, 0.5) is 13.2 Å². The van der Waals surface area contributed by atoms with E-state index in [4.69, 9.17) is 5.11 Å². The molecule has 0 spiro atoms. The van der Waals surface area contributed by atoms with Crippen molar-refractivity contribution in [3.05, 3.63) is 64.6 Å². The van der Waals surface area contributed by atoms with Gasteiger partial charge in [-0.05, 0) is 49.7 Å². The van der Waals surface area contributed by atoms with Crippen LogP contribution >= 0.6 is 0 Å². The molecule has 1 heterocycles. The molecule has 3 aromatic rings. The lowest BCUT2D eigenvalue weighted by Gasteiger charge is -2.13. The summed E-state index contributed by atoms with van der Waals surface area (Å²) in [4.78, 5) is 36.2. The van der Waals surface area contributed by atoms with E-state index in [2.05, 4.69) is 5.32 Å². The van der Waals surface area contributed by atoms with Crippen LogP contribution in [-0.2, 0) is 9.59 Å². The summed E-state index contributed by atoms with van der Waals surface area (Å²) < 4.78 is 42.8. The molecule has 3 N–H and O–H groups in total. The van der Waals surface area contributed by atoms with Crippen molar-refractivity contribution in [1.82, 2.24) is 9.88 Å². The number of nitrogens with zero attached hydrogens (tertiary/aromatic N) is 1. The zero-order valence-corrected chi connectivity index (χ0v) is 16.4. The molecule has 31 heavy (non-hydrogen) atoms. The molecule has 3 rings (SSSR count). The summed E-state index contributed by atoms with van der Waals surface area (Å²) in [6, 6.07) is 4.81. The predicted octanol–water partition coefficient (Wildman–Crippen LogP) is 3.07. The van der Waals surface area contributed by atoms with Crippen LogP contribution in [0.15, 0.2) is 30.3 Å². The molecule has 1 atom stereocenters. The second-order valence-electron chi connectivity index (χ2n) is 6.89. The Morgan fingerprint density at radius 1 is 1.10 bits per heavy atom. The summed E-state index contributed by atoms with van der Waals surface area (Å²) in [7, 11) is 0. The number of phenols is 1. The number of carbonyl (C=O) groups excluding carboxylic acids is 2. The molecule has 0 saturated heterocycles. The van der Waals surface area contributed by atoms with Crippen molar-refractivity contribution >= 4 is 28.7 Å². The third-order valence-electron chi connectivity index (χ3n) is 4.94. The molecule has 2 aromatic carbocycles. The molecule has 0 saturated carbocycles. The molecule has 0 aliphatic rings. The molecular formula is C21H17F3N2O5. The van der Waals surface area contributed by atoms with Gasteiger partial charge in [0.15, 0.2) is 23.2 Å². The van der Waals surface area contributed by atoms with Crippen molar-refractivity contribution in [2.24, 2.45) is 0 Å². The largest absolute Gasteiger partial charge is 0.505 e. The number of amides is 1. The highest BCUT2D eigenvalue weighted by Crippen LogP contribution is 2.37. The van der Waals surface area contributed by atoms with E-state index in [1.54, 1.807) is 0 Å². The molecule has 0 aliphatic carbocycles. The lowest BCUT2D eigenvalue weighted by Crippen LogP contribution is -2.32. The summed E-state index contributed by atoms with van der Waals surface area (Å²) in [6.07, 6.45) is 0. The number of aromatic hydroxyl groups is 1. The van der Waals surface area contributed by atoms with E-state index in [-0.39, 0.29) is 27.7 Å². The minimum absolute atomic E-state index is 0.00424. The van der Waals surface area contributed by atoms with Gasteiger partial charge < -0.3 is 15.5 Å². The summed E-state index contributed by atoms with van der Waals surface area (Å²) in [5.41, 5.74) is -0.0632. The van der Waals surface area contributed by atoms with Crippen molar-refractivity contribution in [3.63, 3.8) is 0 Å². The Hall–Kier alpha value is -3.82. The predicted molar refractivity (Wildman–Crippen MR) is 103 cm³/mol. The smallest absolute Gasteiger partial charge is 0.322 e. The van der Waals surface area contributed by atoms with Crippen LogP contribution in [0.3, 0.4) is 0 Å². The van der Waals surface area contributed by atoms with Crippen molar-refractivity contribution in [3.8, 4) is 5.75 Å². The van der Waals surface area contributed by atoms with Crippen LogP contribution in [0.5, 0.6) is 5.75 Å². The zero-order chi connectivity index (χ0) is 23.0. The molecule has 1 amide bonds. The normalized spacial score (nSPS) is 12.0. The van der Waals surface area contributed by atoms with Gasteiger partial charge in [-0.3, -0.25) is 19.0 Å². The van der Waals surface area contributed by atoms with Crippen LogP contribution in [0.1, 0.15) is 34.5 Å². The number of benzene rings is 2. The average Bonchev–Trinajstić information content (AvgIpc) is 3.02. The van der Waals surface area contributed by atoms with E-state index in [1.165, 1.54) is 19.9 Å². The number of rotatable bonds is 5. The van der Waals surface area contributed by atoms with Crippen molar-refractivity contribution in [2.45, 2.75) is 19.8 Å². The molecule has 162 valence electrons. The Morgan fingerprint density at radius 2 is 1.77 bits per heavy atom. The molecular weight excluding hydrogens is 417 g/mol. The average molecular weight is 434 g/mol. The number of aliphatic carboxylic acids is 1. The lowest BCUT2D eigenvalue weighted by atomic mass is 9.96. The molecule has 0 unspecified atom stereocenters.